The highest BCUT2D eigenvalue weighted by atomic mass is 79.9. The van der Waals surface area contributed by atoms with Crippen LogP contribution in [0.4, 0.5) is 0 Å². The molecule has 2 rings (SSSR count). The Morgan fingerprint density at radius 2 is 2.18 bits per heavy atom. The normalized spacial score (nSPS) is 10.8. The van der Waals surface area contributed by atoms with Crippen LogP contribution >= 0.6 is 39.7 Å². The van der Waals surface area contributed by atoms with Crippen LogP contribution in [0, 0.1) is 0 Å². The third-order valence-electron chi connectivity index (χ3n) is 2.54. The van der Waals surface area contributed by atoms with Crippen LogP contribution in [0.3, 0.4) is 0 Å². The number of hydrogen-bond donors (Lipinski definition) is 1. The van der Waals surface area contributed by atoms with Gasteiger partial charge in [0.15, 0.2) is 0 Å². The summed E-state index contributed by atoms with van der Waals surface area (Å²) in [6, 6.07) is 6.37. The standard InChI is InChI=1S/C12H14BrNOS.ClH/c1-14(4-5-15)7-9-8-16-12-3-2-10(13)6-11(9)12;/h2-3,6,8,15H,4-5,7H2,1H3;1H. The molecule has 2 nitrogen and oxygen atoms in total. The van der Waals surface area contributed by atoms with Crippen LogP contribution in [0.25, 0.3) is 10.1 Å². The van der Waals surface area contributed by atoms with Gasteiger partial charge in [0.1, 0.15) is 0 Å². The quantitative estimate of drug-likeness (QED) is 0.923. The van der Waals surface area contributed by atoms with E-state index in [9.17, 15) is 0 Å². The van der Waals surface area contributed by atoms with Crippen LogP contribution in [-0.4, -0.2) is 30.2 Å². The predicted molar refractivity (Wildman–Crippen MR) is 80.2 cm³/mol. The Labute approximate surface area is 120 Å². The smallest absolute Gasteiger partial charge is 0.0558 e. The molecular weight excluding hydrogens is 322 g/mol. The Bertz CT molecular complexity index is 488. The van der Waals surface area contributed by atoms with Gasteiger partial charge in [0, 0.05) is 22.3 Å². The maximum Gasteiger partial charge on any atom is 0.0558 e. The molecule has 2 aromatic rings. The zero-order valence-electron chi connectivity index (χ0n) is 9.52. The fourth-order valence-electron chi connectivity index (χ4n) is 1.72. The van der Waals surface area contributed by atoms with Crippen molar-refractivity contribution >= 4 is 49.8 Å². The van der Waals surface area contributed by atoms with Crippen molar-refractivity contribution in [2.75, 3.05) is 20.2 Å². The fraction of sp³-hybridized carbons (Fsp3) is 0.333. The maximum atomic E-state index is 8.88. The number of likely N-dealkylation sites (N-methyl/N-ethyl adjacent to an activating group) is 1. The van der Waals surface area contributed by atoms with E-state index in [1.165, 1.54) is 15.6 Å². The van der Waals surface area contributed by atoms with Gasteiger partial charge in [0.25, 0.3) is 0 Å². The Hall–Kier alpha value is -0.130. The van der Waals surface area contributed by atoms with E-state index in [0.717, 1.165) is 11.0 Å². The molecule has 94 valence electrons. The van der Waals surface area contributed by atoms with Crippen LogP contribution in [-0.2, 0) is 6.54 Å². The number of thiophene rings is 1. The summed E-state index contributed by atoms with van der Waals surface area (Å²) in [6.07, 6.45) is 0. The Morgan fingerprint density at radius 1 is 1.41 bits per heavy atom. The van der Waals surface area contributed by atoms with E-state index in [4.69, 9.17) is 5.11 Å². The molecule has 1 heterocycles. The summed E-state index contributed by atoms with van der Waals surface area (Å²) < 4.78 is 2.43. The van der Waals surface area contributed by atoms with Crippen LogP contribution in [0.15, 0.2) is 28.1 Å². The van der Waals surface area contributed by atoms with Gasteiger partial charge in [0.05, 0.1) is 6.61 Å². The maximum absolute atomic E-state index is 8.88. The van der Waals surface area contributed by atoms with E-state index in [2.05, 4.69) is 44.4 Å². The number of aliphatic hydroxyl groups excluding tert-OH is 1. The number of aliphatic hydroxyl groups is 1. The third kappa shape index (κ3) is 3.66. The van der Waals surface area contributed by atoms with Crippen molar-refractivity contribution in [3.05, 3.63) is 33.6 Å². The summed E-state index contributed by atoms with van der Waals surface area (Å²) in [5.74, 6) is 0. The topological polar surface area (TPSA) is 23.5 Å². The van der Waals surface area contributed by atoms with E-state index >= 15 is 0 Å². The number of benzene rings is 1. The lowest BCUT2D eigenvalue weighted by atomic mass is 10.2. The lowest BCUT2D eigenvalue weighted by molar-refractivity contribution is 0.218. The van der Waals surface area contributed by atoms with E-state index in [1.807, 2.05) is 7.05 Å². The first-order valence-electron chi connectivity index (χ1n) is 5.15. The zero-order valence-corrected chi connectivity index (χ0v) is 12.7. The summed E-state index contributed by atoms with van der Waals surface area (Å²) in [5, 5.41) is 12.4. The molecule has 0 unspecified atom stereocenters. The lowest BCUT2D eigenvalue weighted by Crippen LogP contribution is -2.21. The summed E-state index contributed by atoms with van der Waals surface area (Å²) in [6.45, 7) is 1.81. The molecular formula is C12H15BrClNOS. The highest BCUT2D eigenvalue weighted by molar-refractivity contribution is 9.10. The first-order chi connectivity index (χ1) is 7.70. The SMILES string of the molecule is CN(CCO)Cc1csc2ccc(Br)cc12.Cl. The number of halogens is 2. The molecule has 5 heteroatoms. The molecule has 0 saturated carbocycles. The van der Waals surface area contributed by atoms with E-state index < -0.39 is 0 Å². The largest absolute Gasteiger partial charge is 0.395 e. The molecule has 0 radical (unpaired) electrons. The molecule has 0 fully saturated rings. The van der Waals surface area contributed by atoms with E-state index in [0.29, 0.717) is 6.54 Å². The molecule has 17 heavy (non-hydrogen) atoms. The zero-order chi connectivity index (χ0) is 11.5. The van der Waals surface area contributed by atoms with Crippen molar-refractivity contribution in [1.29, 1.82) is 0 Å². The molecule has 0 aliphatic rings. The van der Waals surface area contributed by atoms with Gasteiger partial charge < -0.3 is 5.11 Å². The predicted octanol–water partition coefficient (Wildman–Crippen LogP) is 3.51. The molecule has 1 aromatic carbocycles. The minimum atomic E-state index is 0. The second-order valence-corrected chi connectivity index (χ2v) is 5.69. The number of fused-ring (bicyclic) bond motifs is 1. The Kier molecular flexibility index (Phi) is 5.89. The molecule has 0 aliphatic carbocycles. The van der Waals surface area contributed by atoms with Crippen LogP contribution in [0.1, 0.15) is 5.56 Å². The van der Waals surface area contributed by atoms with Crippen molar-refractivity contribution < 1.29 is 5.11 Å². The van der Waals surface area contributed by atoms with Gasteiger partial charge in [-0.1, -0.05) is 15.9 Å². The molecule has 1 aromatic heterocycles. The number of nitrogens with zero attached hydrogens (tertiary/aromatic N) is 1. The highest BCUT2D eigenvalue weighted by Crippen LogP contribution is 2.29. The van der Waals surface area contributed by atoms with Gasteiger partial charge in [0.2, 0.25) is 0 Å². The van der Waals surface area contributed by atoms with Gasteiger partial charge >= 0.3 is 0 Å². The summed E-state index contributed by atoms with van der Waals surface area (Å²) in [4.78, 5) is 2.13. The first-order valence-corrected chi connectivity index (χ1v) is 6.83. The number of hydrogen-bond acceptors (Lipinski definition) is 3. The van der Waals surface area contributed by atoms with Gasteiger partial charge in [-0.05, 0) is 41.6 Å². The Balaban J connectivity index is 0.00000144. The molecule has 0 bridgehead atoms. The van der Waals surface area contributed by atoms with Crippen molar-refractivity contribution in [3.8, 4) is 0 Å². The first kappa shape index (κ1) is 14.9. The van der Waals surface area contributed by atoms with Gasteiger partial charge in [-0.15, -0.1) is 23.7 Å². The molecule has 0 aliphatic heterocycles. The van der Waals surface area contributed by atoms with E-state index in [1.54, 1.807) is 11.3 Å². The molecule has 0 amide bonds. The van der Waals surface area contributed by atoms with Crippen LogP contribution in [0.5, 0.6) is 0 Å². The summed E-state index contributed by atoms with van der Waals surface area (Å²) >= 11 is 5.27. The van der Waals surface area contributed by atoms with E-state index in [-0.39, 0.29) is 19.0 Å². The summed E-state index contributed by atoms with van der Waals surface area (Å²) in [5.41, 5.74) is 1.33. The van der Waals surface area contributed by atoms with Crippen LogP contribution in [0.2, 0.25) is 0 Å². The number of rotatable bonds is 4. The monoisotopic (exact) mass is 335 g/mol. The van der Waals surface area contributed by atoms with Gasteiger partial charge in [-0.2, -0.15) is 0 Å². The molecule has 0 saturated heterocycles. The highest BCUT2D eigenvalue weighted by Gasteiger charge is 2.06. The average molecular weight is 337 g/mol. The minimum Gasteiger partial charge on any atom is -0.395 e. The minimum absolute atomic E-state index is 0. The summed E-state index contributed by atoms with van der Waals surface area (Å²) in [7, 11) is 2.03. The van der Waals surface area contributed by atoms with Gasteiger partial charge in [-0.25, -0.2) is 0 Å². The van der Waals surface area contributed by atoms with Crippen molar-refractivity contribution in [2.45, 2.75) is 6.54 Å². The second kappa shape index (κ2) is 6.71. The van der Waals surface area contributed by atoms with Crippen molar-refractivity contribution in [1.82, 2.24) is 4.90 Å². The lowest BCUT2D eigenvalue weighted by Gasteiger charge is -2.14. The molecule has 0 spiro atoms. The molecule has 1 N–H and O–H groups in total. The van der Waals surface area contributed by atoms with Crippen molar-refractivity contribution in [2.24, 2.45) is 0 Å². The van der Waals surface area contributed by atoms with Gasteiger partial charge in [-0.3, -0.25) is 4.90 Å². The van der Waals surface area contributed by atoms with Crippen molar-refractivity contribution in [3.63, 3.8) is 0 Å². The molecule has 0 atom stereocenters. The Morgan fingerprint density at radius 3 is 2.88 bits per heavy atom. The third-order valence-corrected chi connectivity index (χ3v) is 4.04. The second-order valence-electron chi connectivity index (χ2n) is 3.86. The fourth-order valence-corrected chi connectivity index (χ4v) is 3.01. The van der Waals surface area contributed by atoms with Crippen LogP contribution < -0.4 is 0 Å². The average Bonchev–Trinajstić information content (AvgIpc) is 2.61.